The van der Waals surface area contributed by atoms with E-state index in [0.717, 1.165) is 65.0 Å². The molecule has 0 aromatic heterocycles. The Labute approximate surface area is 270 Å². The first-order valence-corrected chi connectivity index (χ1v) is 17.5. The van der Waals surface area contributed by atoms with Crippen LogP contribution in [0.15, 0.2) is 0 Å². The van der Waals surface area contributed by atoms with Crippen LogP contribution in [0.5, 0.6) is 11.5 Å². The Kier molecular flexibility index (Phi) is 13.9. The number of ether oxygens (including phenoxy) is 3. The topological polar surface area (TPSA) is 61.8 Å². The summed E-state index contributed by atoms with van der Waals surface area (Å²) in [6.45, 7) is 25.2. The highest BCUT2D eigenvalue weighted by Gasteiger charge is 2.42. The Bertz CT molecular complexity index is 1110. The number of hydrogen-bond donors (Lipinski definition) is 0. The highest BCUT2D eigenvalue weighted by Crippen LogP contribution is 2.46. The molecule has 0 N–H and O–H groups in total. The van der Waals surface area contributed by atoms with Gasteiger partial charge in [-0.25, -0.2) is 0 Å². The van der Waals surface area contributed by atoms with Gasteiger partial charge in [0.2, 0.25) is 0 Å². The molecule has 1 aromatic rings. The van der Waals surface area contributed by atoms with Crippen LogP contribution in [0.2, 0.25) is 0 Å². The molecule has 0 bridgehead atoms. The molecule has 1 heterocycles. The lowest BCUT2D eigenvalue weighted by molar-refractivity contribution is -0.155. The van der Waals surface area contributed by atoms with Gasteiger partial charge in [-0.05, 0) is 122 Å². The van der Waals surface area contributed by atoms with E-state index in [1.165, 1.54) is 58.5 Å². The number of carbonyl (C=O) groups excluding carboxylic acids is 2. The molecule has 3 unspecified atom stereocenters. The quantitative estimate of drug-likeness (QED) is 0.129. The smallest absolute Gasteiger partial charge is 0.316 e. The molecule has 0 saturated heterocycles. The molecule has 1 aromatic carbocycles. The molecular weight excluding hydrogens is 548 g/mol. The van der Waals surface area contributed by atoms with E-state index in [4.69, 9.17) is 14.2 Å². The van der Waals surface area contributed by atoms with Crippen LogP contribution in [0.25, 0.3) is 0 Å². The molecule has 0 spiro atoms. The van der Waals surface area contributed by atoms with Crippen molar-refractivity contribution in [2.45, 2.75) is 166 Å². The Morgan fingerprint density at radius 1 is 0.795 bits per heavy atom. The van der Waals surface area contributed by atoms with Crippen molar-refractivity contribution < 1.29 is 23.8 Å². The summed E-state index contributed by atoms with van der Waals surface area (Å²) >= 11 is 0. The third kappa shape index (κ3) is 10.5. The van der Waals surface area contributed by atoms with E-state index in [0.29, 0.717) is 12.2 Å². The third-order valence-corrected chi connectivity index (χ3v) is 10.2. The molecule has 0 saturated carbocycles. The fourth-order valence-corrected chi connectivity index (χ4v) is 7.17. The number of benzene rings is 1. The molecule has 44 heavy (non-hydrogen) atoms. The second-order valence-corrected chi connectivity index (χ2v) is 16.2. The number of fused-ring (bicyclic) bond motifs is 1. The summed E-state index contributed by atoms with van der Waals surface area (Å²) in [7, 11) is 1.38. The van der Waals surface area contributed by atoms with Gasteiger partial charge in [0.05, 0.1) is 17.9 Å². The zero-order chi connectivity index (χ0) is 33.5. The molecule has 5 nitrogen and oxygen atoms in total. The van der Waals surface area contributed by atoms with Gasteiger partial charge < -0.3 is 14.2 Å². The van der Waals surface area contributed by atoms with E-state index in [-0.39, 0.29) is 17.5 Å². The molecular formula is C39H66O5. The molecule has 2 rings (SSSR count). The van der Waals surface area contributed by atoms with Crippen molar-refractivity contribution in [1.82, 2.24) is 0 Å². The van der Waals surface area contributed by atoms with Gasteiger partial charge in [0.15, 0.2) is 0 Å². The van der Waals surface area contributed by atoms with Crippen LogP contribution in [0, 0.1) is 49.4 Å². The zero-order valence-electron chi connectivity index (χ0n) is 30.8. The summed E-state index contributed by atoms with van der Waals surface area (Å²) < 4.78 is 17.9. The molecule has 1 aliphatic rings. The van der Waals surface area contributed by atoms with Gasteiger partial charge in [0.25, 0.3) is 0 Å². The average Bonchev–Trinajstić information content (AvgIpc) is 2.92. The standard InChI is InChI=1S/C39H66O5/c1-26(2)17-14-18-27(3)19-15-20-28(4)21-16-23-39(12)24-22-32-31(7)33(29(5)30(6)34(32)44-39)43-36(41)38(10,11)25-37(8,9)35(40)42-13/h26-28H,14-25H2,1-13H3. The van der Waals surface area contributed by atoms with Crippen LogP contribution in [0.4, 0.5) is 0 Å². The lowest BCUT2D eigenvalue weighted by atomic mass is 9.75. The summed E-state index contributed by atoms with van der Waals surface area (Å²) in [6.07, 6.45) is 13.8. The minimum Gasteiger partial charge on any atom is -0.487 e. The summed E-state index contributed by atoms with van der Waals surface area (Å²) in [5, 5.41) is 0. The Morgan fingerprint density at radius 3 is 1.86 bits per heavy atom. The number of methoxy groups -OCH3 is 1. The first-order chi connectivity index (χ1) is 20.3. The van der Waals surface area contributed by atoms with Crippen molar-refractivity contribution in [2.24, 2.45) is 28.6 Å². The first-order valence-electron chi connectivity index (χ1n) is 17.5. The molecule has 3 atom stereocenters. The van der Waals surface area contributed by atoms with Gasteiger partial charge in [-0.1, -0.05) is 72.6 Å². The second kappa shape index (κ2) is 16.0. The van der Waals surface area contributed by atoms with E-state index in [1.807, 2.05) is 27.7 Å². The van der Waals surface area contributed by atoms with Gasteiger partial charge in [0.1, 0.15) is 17.1 Å². The summed E-state index contributed by atoms with van der Waals surface area (Å²) in [5.41, 5.74) is 2.27. The van der Waals surface area contributed by atoms with Gasteiger partial charge in [-0.2, -0.15) is 0 Å². The molecule has 252 valence electrons. The Balaban J connectivity index is 1.99. The van der Waals surface area contributed by atoms with Crippen molar-refractivity contribution in [3.05, 3.63) is 22.3 Å². The van der Waals surface area contributed by atoms with Crippen molar-refractivity contribution in [3.8, 4) is 11.5 Å². The first kappa shape index (κ1) is 38.1. The maximum Gasteiger partial charge on any atom is 0.316 e. The maximum absolute atomic E-state index is 13.4. The van der Waals surface area contributed by atoms with Crippen LogP contribution in [0.3, 0.4) is 0 Å². The number of hydrogen-bond acceptors (Lipinski definition) is 5. The van der Waals surface area contributed by atoms with Gasteiger partial charge in [-0.15, -0.1) is 0 Å². The molecule has 5 heteroatoms. The van der Waals surface area contributed by atoms with Crippen molar-refractivity contribution in [2.75, 3.05) is 7.11 Å². The van der Waals surface area contributed by atoms with E-state index < -0.39 is 10.8 Å². The highest BCUT2D eigenvalue weighted by molar-refractivity contribution is 5.82. The summed E-state index contributed by atoms with van der Waals surface area (Å²) in [5.74, 6) is 3.36. The van der Waals surface area contributed by atoms with Gasteiger partial charge in [-0.3, -0.25) is 9.59 Å². The van der Waals surface area contributed by atoms with Gasteiger partial charge in [0, 0.05) is 5.56 Å². The van der Waals surface area contributed by atoms with E-state index in [9.17, 15) is 9.59 Å². The molecule has 0 amide bonds. The fourth-order valence-electron chi connectivity index (χ4n) is 7.17. The molecule has 1 aliphatic heterocycles. The molecule has 0 radical (unpaired) electrons. The van der Waals surface area contributed by atoms with Crippen molar-refractivity contribution in [1.29, 1.82) is 0 Å². The predicted octanol–water partition coefficient (Wildman–Crippen LogP) is 10.7. The largest absolute Gasteiger partial charge is 0.487 e. The molecule has 0 aliphatic carbocycles. The monoisotopic (exact) mass is 614 g/mol. The van der Waals surface area contributed by atoms with Crippen molar-refractivity contribution >= 4 is 11.9 Å². The number of esters is 2. The minimum atomic E-state index is -0.863. The third-order valence-electron chi connectivity index (χ3n) is 10.2. The number of carbonyl (C=O) groups is 2. The normalized spacial score (nSPS) is 18.4. The van der Waals surface area contributed by atoms with E-state index in [1.54, 1.807) is 13.8 Å². The Morgan fingerprint density at radius 2 is 1.32 bits per heavy atom. The van der Waals surface area contributed by atoms with Crippen LogP contribution in [-0.4, -0.2) is 24.6 Å². The minimum absolute atomic E-state index is 0.180. The maximum atomic E-state index is 13.4. The summed E-state index contributed by atoms with van der Waals surface area (Å²) in [6, 6.07) is 0. The number of rotatable bonds is 17. The van der Waals surface area contributed by atoms with Crippen LogP contribution < -0.4 is 9.47 Å². The molecule has 0 fully saturated rings. The van der Waals surface area contributed by atoms with Crippen LogP contribution in [-0.2, 0) is 20.7 Å². The van der Waals surface area contributed by atoms with E-state index in [2.05, 4.69) is 41.5 Å². The fraction of sp³-hybridized carbons (Fsp3) is 0.795. The zero-order valence-corrected chi connectivity index (χ0v) is 30.8. The van der Waals surface area contributed by atoms with Crippen molar-refractivity contribution in [3.63, 3.8) is 0 Å². The Hall–Kier alpha value is -2.04. The van der Waals surface area contributed by atoms with E-state index >= 15 is 0 Å². The van der Waals surface area contributed by atoms with Crippen LogP contribution in [0.1, 0.15) is 155 Å². The second-order valence-electron chi connectivity index (χ2n) is 16.2. The van der Waals surface area contributed by atoms with Gasteiger partial charge >= 0.3 is 11.9 Å². The lowest BCUT2D eigenvalue weighted by Crippen LogP contribution is -2.38. The predicted molar refractivity (Wildman–Crippen MR) is 183 cm³/mol. The lowest BCUT2D eigenvalue weighted by Gasteiger charge is -2.38. The highest BCUT2D eigenvalue weighted by atomic mass is 16.5. The summed E-state index contributed by atoms with van der Waals surface area (Å²) in [4.78, 5) is 25.7. The SMILES string of the molecule is COC(=O)C(C)(C)CC(C)(C)C(=O)Oc1c(C)c(C)c2c(c1C)CCC(C)(CCCC(C)CCCC(C)CCCC(C)C)O2. The average molecular weight is 615 g/mol. The van der Waals surface area contributed by atoms with Crippen LogP contribution >= 0.6 is 0 Å².